The first kappa shape index (κ1) is 16.9. The maximum absolute atomic E-state index is 13.4. The van der Waals surface area contributed by atoms with Gasteiger partial charge in [0, 0.05) is 24.7 Å². The molecule has 0 bridgehead atoms. The van der Waals surface area contributed by atoms with Gasteiger partial charge in [0.2, 0.25) is 11.8 Å². The largest absolute Gasteiger partial charge is 0.393 e. The fraction of sp³-hybridized carbons (Fsp3) is 0.556. The molecule has 1 aromatic rings. The maximum atomic E-state index is 13.4. The van der Waals surface area contributed by atoms with Crippen molar-refractivity contribution in [3.05, 3.63) is 29.6 Å². The molecule has 2 aliphatic rings. The zero-order valence-corrected chi connectivity index (χ0v) is 13.8. The number of nitrogens with one attached hydrogen (secondary N) is 1. The Hall–Kier alpha value is -1.95. The minimum atomic E-state index is -0.380. The number of benzene rings is 1. The third-order valence-corrected chi connectivity index (χ3v) is 4.99. The fourth-order valence-corrected chi connectivity index (χ4v) is 3.47. The first-order valence-corrected chi connectivity index (χ1v) is 8.49. The Labute approximate surface area is 140 Å². The van der Waals surface area contributed by atoms with E-state index in [1.807, 2.05) is 0 Å². The molecule has 2 amide bonds. The van der Waals surface area contributed by atoms with Gasteiger partial charge in [-0.05, 0) is 56.4 Å². The minimum absolute atomic E-state index is 0.0816. The summed E-state index contributed by atoms with van der Waals surface area (Å²) in [5, 5.41) is 12.5. The number of carbonyl (C=O) groups excluding carboxylic acids is 2. The van der Waals surface area contributed by atoms with Gasteiger partial charge in [-0.3, -0.25) is 9.59 Å². The summed E-state index contributed by atoms with van der Waals surface area (Å²) < 4.78 is 13.4. The molecule has 1 saturated carbocycles. The molecule has 2 N–H and O–H groups in total. The number of aryl methyl sites for hydroxylation is 1. The van der Waals surface area contributed by atoms with E-state index >= 15 is 0 Å². The lowest BCUT2D eigenvalue weighted by Crippen LogP contribution is -2.42. The second-order valence-corrected chi connectivity index (χ2v) is 6.85. The minimum Gasteiger partial charge on any atom is -0.393 e. The number of hydrogen-bond acceptors (Lipinski definition) is 3. The molecule has 1 aromatic carbocycles. The van der Waals surface area contributed by atoms with E-state index < -0.39 is 0 Å². The summed E-state index contributed by atoms with van der Waals surface area (Å²) >= 11 is 0. The molecule has 1 atom stereocenters. The van der Waals surface area contributed by atoms with Crippen molar-refractivity contribution in [2.75, 3.05) is 11.4 Å². The average molecular weight is 334 g/mol. The molecular formula is C18H23FN2O3. The summed E-state index contributed by atoms with van der Waals surface area (Å²) in [4.78, 5) is 26.2. The quantitative estimate of drug-likeness (QED) is 0.887. The van der Waals surface area contributed by atoms with E-state index in [2.05, 4.69) is 5.32 Å². The van der Waals surface area contributed by atoms with E-state index in [1.165, 1.54) is 6.07 Å². The highest BCUT2D eigenvalue weighted by atomic mass is 19.1. The standard InChI is InChI=1S/C18H23FN2O3/c1-11-8-14(4-7-16(11)19)21-10-12(9-17(21)23)18(24)20-13-2-5-15(22)6-3-13/h4,7-8,12-13,15,22H,2-3,5-6,9-10H2,1H3,(H,20,24). The van der Waals surface area contributed by atoms with E-state index in [0.29, 0.717) is 30.6 Å². The van der Waals surface area contributed by atoms with Gasteiger partial charge in [0.25, 0.3) is 0 Å². The van der Waals surface area contributed by atoms with Crippen LogP contribution in [-0.2, 0) is 9.59 Å². The van der Waals surface area contributed by atoms with Gasteiger partial charge in [0.1, 0.15) is 5.82 Å². The van der Waals surface area contributed by atoms with Gasteiger partial charge in [-0.2, -0.15) is 0 Å². The van der Waals surface area contributed by atoms with Crippen LogP contribution in [-0.4, -0.2) is 35.6 Å². The summed E-state index contributed by atoms with van der Waals surface area (Å²) in [6, 6.07) is 4.63. The summed E-state index contributed by atoms with van der Waals surface area (Å²) in [6.45, 7) is 1.98. The Balaban J connectivity index is 1.61. The van der Waals surface area contributed by atoms with Crippen molar-refractivity contribution in [2.45, 2.75) is 51.2 Å². The molecule has 6 heteroatoms. The van der Waals surface area contributed by atoms with E-state index in [-0.39, 0.29) is 42.1 Å². The lowest BCUT2D eigenvalue weighted by molar-refractivity contribution is -0.127. The lowest BCUT2D eigenvalue weighted by Gasteiger charge is -2.27. The van der Waals surface area contributed by atoms with Crippen LogP contribution in [0.3, 0.4) is 0 Å². The van der Waals surface area contributed by atoms with Gasteiger partial charge in [0.05, 0.1) is 12.0 Å². The molecule has 1 unspecified atom stereocenters. The van der Waals surface area contributed by atoms with Gasteiger partial charge in [-0.15, -0.1) is 0 Å². The molecule has 0 spiro atoms. The van der Waals surface area contributed by atoms with E-state index in [0.717, 1.165) is 12.8 Å². The molecule has 5 nitrogen and oxygen atoms in total. The zero-order chi connectivity index (χ0) is 17.3. The number of aliphatic hydroxyl groups excluding tert-OH is 1. The molecule has 3 rings (SSSR count). The molecule has 0 radical (unpaired) electrons. The lowest BCUT2D eigenvalue weighted by atomic mass is 9.92. The monoisotopic (exact) mass is 334 g/mol. The number of rotatable bonds is 3. The van der Waals surface area contributed by atoms with Crippen molar-refractivity contribution in [2.24, 2.45) is 5.92 Å². The third kappa shape index (κ3) is 3.59. The van der Waals surface area contributed by atoms with Crippen LogP contribution in [0.15, 0.2) is 18.2 Å². The van der Waals surface area contributed by atoms with Crippen LogP contribution in [0.5, 0.6) is 0 Å². The molecule has 1 saturated heterocycles. The van der Waals surface area contributed by atoms with Gasteiger partial charge in [0.15, 0.2) is 0 Å². The molecule has 1 aliphatic heterocycles. The van der Waals surface area contributed by atoms with Crippen molar-refractivity contribution in [3.8, 4) is 0 Å². The number of anilines is 1. The number of aliphatic hydroxyl groups is 1. The maximum Gasteiger partial charge on any atom is 0.227 e. The average Bonchev–Trinajstić information content (AvgIpc) is 2.94. The molecule has 24 heavy (non-hydrogen) atoms. The number of carbonyl (C=O) groups is 2. The number of amides is 2. The predicted molar refractivity (Wildman–Crippen MR) is 88.0 cm³/mol. The topological polar surface area (TPSA) is 69.6 Å². The summed E-state index contributed by atoms with van der Waals surface area (Å²) in [6.07, 6.45) is 2.87. The highest BCUT2D eigenvalue weighted by Gasteiger charge is 2.36. The molecule has 130 valence electrons. The Bertz CT molecular complexity index is 641. The number of halogens is 1. The van der Waals surface area contributed by atoms with Crippen molar-refractivity contribution in [1.82, 2.24) is 5.32 Å². The van der Waals surface area contributed by atoms with Crippen LogP contribution >= 0.6 is 0 Å². The van der Waals surface area contributed by atoms with Gasteiger partial charge < -0.3 is 15.3 Å². The predicted octanol–water partition coefficient (Wildman–Crippen LogP) is 1.91. The van der Waals surface area contributed by atoms with Crippen molar-refractivity contribution in [1.29, 1.82) is 0 Å². The molecule has 1 heterocycles. The zero-order valence-electron chi connectivity index (χ0n) is 13.8. The van der Waals surface area contributed by atoms with Gasteiger partial charge >= 0.3 is 0 Å². The third-order valence-electron chi connectivity index (χ3n) is 4.99. The summed E-state index contributed by atoms with van der Waals surface area (Å²) in [5.41, 5.74) is 1.11. The number of hydrogen-bond donors (Lipinski definition) is 2. The van der Waals surface area contributed by atoms with Crippen molar-refractivity contribution in [3.63, 3.8) is 0 Å². The second-order valence-electron chi connectivity index (χ2n) is 6.85. The van der Waals surface area contributed by atoms with Crippen molar-refractivity contribution >= 4 is 17.5 Å². The van der Waals surface area contributed by atoms with Crippen LogP contribution < -0.4 is 10.2 Å². The first-order valence-electron chi connectivity index (χ1n) is 8.49. The summed E-state index contributed by atoms with van der Waals surface area (Å²) in [7, 11) is 0. The highest BCUT2D eigenvalue weighted by molar-refractivity contribution is 6.00. The molecular weight excluding hydrogens is 311 g/mol. The Morgan fingerprint density at radius 2 is 2.00 bits per heavy atom. The Kier molecular flexibility index (Phi) is 4.85. The fourth-order valence-electron chi connectivity index (χ4n) is 3.47. The molecule has 0 aromatic heterocycles. The van der Waals surface area contributed by atoms with E-state index in [1.54, 1.807) is 24.0 Å². The normalized spacial score (nSPS) is 27.4. The SMILES string of the molecule is Cc1cc(N2CC(C(=O)NC3CCC(O)CC3)CC2=O)ccc1F. The summed E-state index contributed by atoms with van der Waals surface area (Å²) in [5.74, 6) is -0.903. The van der Waals surface area contributed by atoms with E-state index in [4.69, 9.17) is 0 Å². The molecule has 2 fully saturated rings. The number of nitrogens with zero attached hydrogens (tertiary/aromatic N) is 1. The Morgan fingerprint density at radius 1 is 1.29 bits per heavy atom. The van der Waals surface area contributed by atoms with Crippen LogP contribution in [0.4, 0.5) is 10.1 Å². The van der Waals surface area contributed by atoms with Crippen molar-refractivity contribution < 1.29 is 19.1 Å². The first-order chi connectivity index (χ1) is 11.4. The van der Waals surface area contributed by atoms with E-state index in [9.17, 15) is 19.1 Å². The Morgan fingerprint density at radius 3 is 2.67 bits per heavy atom. The van der Waals surface area contributed by atoms with Gasteiger partial charge in [-0.1, -0.05) is 0 Å². The van der Waals surface area contributed by atoms with Crippen LogP contribution in [0.2, 0.25) is 0 Å². The van der Waals surface area contributed by atoms with Crippen LogP contribution in [0, 0.1) is 18.7 Å². The second kappa shape index (κ2) is 6.89. The highest BCUT2D eigenvalue weighted by Crippen LogP contribution is 2.27. The van der Waals surface area contributed by atoms with Crippen LogP contribution in [0.1, 0.15) is 37.7 Å². The molecule has 1 aliphatic carbocycles. The smallest absolute Gasteiger partial charge is 0.227 e. The van der Waals surface area contributed by atoms with Gasteiger partial charge in [-0.25, -0.2) is 4.39 Å². The van der Waals surface area contributed by atoms with Crippen LogP contribution in [0.25, 0.3) is 0 Å².